The number of methoxy groups -OCH3 is 1. The van der Waals surface area contributed by atoms with E-state index in [9.17, 15) is 4.79 Å². The number of hydrogen-bond donors (Lipinski definition) is 1. The van der Waals surface area contributed by atoms with E-state index in [-0.39, 0.29) is 17.4 Å². The van der Waals surface area contributed by atoms with Crippen molar-refractivity contribution in [2.75, 3.05) is 7.11 Å². The van der Waals surface area contributed by atoms with Gasteiger partial charge in [0.25, 0.3) is 5.91 Å². The molecule has 26 heavy (non-hydrogen) atoms. The first-order valence-electron chi connectivity index (χ1n) is 8.93. The maximum Gasteiger partial charge on any atom is 0.261 e. The lowest BCUT2D eigenvalue weighted by atomic mass is 9.87. The Labute approximate surface area is 156 Å². The highest BCUT2D eigenvalue weighted by atomic mass is 16.5. The molecule has 0 aliphatic carbocycles. The molecule has 0 radical (unpaired) electrons. The molecule has 0 fully saturated rings. The molecule has 0 aliphatic heterocycles. The summed E-state index contributed by atoms with van der Waals surface area (Å²) in [5.41, 5.74) is 2.25. The van der Waals surface area contributed by atoms with Crippen LogP contribution in [0.15, 0.2) is 48.5 Å². The summed E-state index contributed by atoms with van der Waals surface area (Å²) in [6.07, 6.45) is -0.590. The van der Waals surface area contributed by atoms with Crippen molar-refractivity contribution in [2.45, 2.75) is 52.2 Å². The third-order valence-electron chi connectivity index (χ3n) is 4.37. The van der Waals surface area contributed by atoms with Crippen molar-refractivity contribution in [3.63, 3.8) is 0 Å². The van der Waals surface area contributed by atoms with Gasteiger partial charge in [-0.3, -0.25) is 4.79 Å². The topological polar surface area (TPSA) is 47.6 Å². The van der Waals surface area contributed by atoms with Crippen LogP contribution in [0.1, 0.15) is 51.8 Å². The first-order valence-corrected chi connectivity index (χ1v) is 8.93. The van der Waals surface area contributed by atoms with E-state index in [1.807, 2.05) is 55.5 Å². The lowest BCUT2D eigenvalue weighted by molar-refractivity contribution is -0.127. The molecule has 0 aromatic heterocycles. The summed E-state index contributed by atoms with van der Waals surface area (Å²) in [4.78, 5) is 12.5. The molecular formula is C22H29NO3. The van der Waals surface area contributed by atoms with Crippen LogP contribution in [0.25, 0.3) is 0 Å². The summed E-state index contributed by atoms with van der Waals surface area (Å²) in [6, 6.07) is 15.4. The maximum atomic E-state index is 12.5. The summed E-state index contributed by atoms with van der Waals surface area (Å²) in [5.74, 6) is 1.28. The summed E-state index contributed by atoms with van der Waals surface area (Å²) < 4.78 is 11.2. The van der Waals surface area contributed by atoms with Gasteiger partial charge in [-0.05, 0) is 43.0 Å². The number of hydrogen-bond acceptors (Lipinski definition) is 3. The Morgan fingerprint density at radius 2 is 1.62 bits per heavy atom. The van der Waals surface area contributed by atoms with Crippen LogP contribution in [0.4, 0.5) is 0 Å². The molecule has 0 aliphatic rings. The number of rotatable bonds is 6. The fourth-order valence-corrected chi connectivity index (χ4v) is 2.72. The Bertz CT molecular complexity index is 732. The fourth-order valence-electron chi connectivity index (χ4n) is 2.72. The predicted octanol–water partition coefficient (Wildman–Crippen LogP) is 4.64. The van der Waals surface area contributed by atoms with E-state index in [1.165, 1.54) is 5.56 Å². The van der Waals surface area contributed by atoms with Crippen LogP contribution >= 0.6 is 0 Å². The van der Waals surface area contributed by atoms with Gasteiger partial charge in [-0.2, -0.15) is 0 Å². The minimum absolute atomic E-state index is 0.0890. The van der Waals surface area contributed by atoms with E-state index < -0.39 is 6.10 Å². The molecule has 0 saturated heterocycles. The minimum Gasteiger partial charge on any atom is -0.496 e. The third kappa shape index (κ3) is 5.01. The Kier molecular flexibility index (Phi) is 6.30. The zero-order valence-corrected chi connectivity index (χ0v) is 16.5. The molecule has 0 heterocycles. The number of carbonyl (C=O) groups excluding carboxylic acids is 1. The van der Waals surface area contributed by atoms with Crippen molar-refractivity contribution < 1.29 is 14.3 Å². The summed E-state index contributed by atoms with van der Waals surface area (Å²) >= 11 is 0. The molecule has 1 amide bonds. The normalized spacial score (nSPS) is 13.6. The van der Waals surface area contributed by atoms with Gasteiger partial charge in [0, 0.05) is 5.56 Å². The number of carbonyl (C=O) groups is 1. The lowest BCUT2D eigenvalue weighted by Gasteiger charge is -2.21. The van der Waals surface area contributed by atoms with Crippen molar-refractivity contribution in [2.24, 2.45) is 0 Å². The molecule has 0 unspecified atom stereocenters. The van der Waals surface area contributed by atoms with Crippen LogP contribution in [0, 0.1) is 0 Å². The summed E-state index contributed by atoms with van der Waals surface area (Å²) in [7, 11) is 1.63. The molecule has 2 aromatic rings. The van der Waals surface area contributed by atoms with Crippen molar-refractivity contribution in [1.82, 2.24) is 5.32 Å². The molecule has 2 atom stereocenters. The Morgan fingerprint density at radius 3 is 2.19 bits per heavy atom. The van der Waals surface area contributed by atoms with Gasteiger partial charge >= 0.3 is 0 Å². The minimum atomic E-state index is -0.590. The molecule has 2 aromatic carbocycles. The molecule has 2 rings (SSSR count). The Morgan fingerprint density at radius 1 is 1.00 bits per heavy atom. The van der Waals surface area contributed by atoms with Crippen molar-refractivity contribution in [1.29, 1.82) is 0 Å². The second-order valence-corrected chi connectivity index (χ2v) is 7.51. The van der Waals surface area contributed by atoms with Crippen molar-refractivity contribution >= 4 is 5.91 Å². The summed E-state index contributed by atoms with van der Waals surface area (Å²) in [5, 5.41) is 2.98. The molecule has 140 valence electrons. The van der Waals surface area contributed by atoms with Crippen LogP contribution < -0.4 is 14.8 Å². The van der Waals surface area contributed by atoms with E-state index in [0.717, 1.165) is 11.3 Å². The van der Waals surface area contributed by atoms with Gasteiger partial charge in [0.15, 0.2) is 6.10 Å². The third-order valence-corrected chi connectivity index (χ3v) is 4.37. The van der Waals surface area contributed by atoms with E-state index in [0.29, 0.717) is 5.75 Å². The number of amides is 1. The van der Waals surface area contributed by atoms with Gasteiger partial charge in [-0.1, -0.05) is 51.1 Å². The van der Waals surface area contributed by atoms with Crippen molar-refractivity contribution in [3.05, 3.63) is 59.7 Å². The highest BCUT2D eigenvalue weighted by Crippen LogP contribution is 2.26. The van der Waals surface area contributed by atoms with Crippen LogP contribution in [0.5, 0.6) is 11.5 Å². The molecule has 0 bridgehead atoms. The van der Waals surface area contributed by atoms with Crippen LogP contribution in [-0.4, -0.2) is 19.1 Å². The number of ether oxygens (including phenoxy) is 2. The second kappa shape index (κ2) is 8.26. The first kappa shape index (κ1) is 19.8. The largest absolute Gasteiger partial charge is 0.496 e. The monoisotopic (exact) mass is 355 g/mol. The van der Waals surface area contributed by atoms with E-state index in [4.69, 9.17) is 9.47 Å². The number of nitrogens with one attached hydrogen (secondary N) is 1. The Balaban J connectivity index is 1.99. The molecule has 0 saturated carbocycles. The van der Waals surface area contributed by atoms with Gasteiger partial charge in [-0.15, -0.1) is 0 Å². The van der Waals surface area contributed by atoms with Gasteiger partial charge < -0.3 is 14.8 Å². The highest BCUT2D eigenvalue weighted by molar-refractivity contribution is 5.81. The predicted molar refractivity (Wildman–Crippen MR) is 105 cm³/mol. The first-order chi connectivity index (χ1) is 12.2. The number of benzene rings is 2. The second-order valence-electron chi connectivity index (χ2n) is 7.51. The average Bonchev–Trinajstić information content (AvgIpc) is 2.61. The molecule has 1 N–H and O–H groups in total. The zero-order valence-electron chi connectivity index (χ0n) is 16.5. The smallest absolute Gasteiger partial charge is 0.261 e. The SMILES string of the molecule is COc1ccccc1[C@H](C)NC(=O)[C@@H](C)Oc1ccc(C(C)(C)C)cc1. The van der Waals surface area contributed by atoms with Gasteiger partial charge in [-0.25, -0.2) is 0 Å². The lowest BCUT2D eigenvalue weighted by Crippen LogP contribution is -2.37. The molecule has 4 heteroatoms. The van der Waals surface area contributed by atoms with Crippen molar-refractivity contribution in [3.8, 4) is 11.5 Å². The maximum absolute atomic E-state index is 12.5. The standard InChI is InChI=1S/C22H29NO3/c1-15(19-9-7-8-10-20(19)25-6)23-21(24)16(2)26-18-13-11-17(12-14-18)22(3,4)5/h7-16H,1-6H3,(H,23,24)/t15-,16+/m0/s1. The molecule has 0 spiro atoms. The fraction of sp³-hybridized carbons (Fsp3) is 0.409. The van der Waals surface area contributed by atoms with E-state index in [1.54, 1.807) is 14.0 Å². The average molecular weight is 355 g/mol. The van der Waals surface area contributed by atoms with Gasteiger partial charge in [0.1, 0.15) is 11.5 Å². The molecule has 4 nitrogen and oxygen atoms in total. The zero-order chi connectivity index (χ0) is 19.3. The van der Waals surface area contributed by atoms with Crippen LogP contribution in [0.2, 0.25) is 0 Å². The van der Waals surface area contributed by atoms with Gasteiger partial charge in [0.05, 0.1) is 13.2 Å². The number of para-hydroxylation sites is 1. The van der Waals surface area contributed by atoms with E-state index in [2.05, 4.69) is 26.1 Å². The summed E-state index contributed by atoms with van der Waals surface area (Å²) in [6.45, 7) is 10.2. The van der Waals surface area contributed by atoms with Crippen LogP contribution in [0.3, 0.4) is 0 Å². The highest BCUT2D eigenvalue weighted by Gasteiger charge is 2.20. The molecular weight excluding hydrogens is 326 g/mol. The Hall–Kier alpha value is -2.49. The van der Waals surface area contributed by atoms with Crippen LogP contribution in [-0.2, 0) is 10.2 Å². The van der Waals surface area contributed by atoms with Gasteiger partial charge in [0.2, 0.25) is 0 Å². The van der Waals surface area contributed by atoms with E-state index >= 15 is 0 Å². The quantitative estimate of drug-likeness (QED) is 0.821.